The second-order valence-electron chi connectivity index (χ2n) is 4.55. The third-order valence-corrected chi connectivity index (χ3v) is 3.87. The lowest BCUT2D eigenvalue weighted by molar-refractivity contribution is -0.111. The van der Waals surface area contributed by atoms with Gasteiger partial charge >= 0.3 is 0 Å². The van der Waals surface area contributed by atoms with Crippen molar-refractivity contribution in [1.82, 2.24) is 0 Å². The summed E-state index contributed by atoms with van der Waals surface area (Å²) in [4.78, 5) is 12.0. The molecule has 1 N–H and O–H groups in total. The number of rotatable bonds is 4. The van der Waals surface area contributed by atoms with Crippen LogP contribution in [0.2, 0.25) is 0 Å². The van der Waals surface area contributed by atoms with Crippen LogP contribution < -0.4 is 10.1 Å². The first-order valence-corrected chi connectivity index (χ1v) is 7.56. The average Bonchev–Trinajstić information content (AvgIpc) is 2.48. The minimum absolute atomic E-state index is 0.164. The fourth-order valence-electron chi connectivity index (χ4n) is 1.89. The average molecular weight is 393 g/mol. The lowest BCUT2D eigenvalue weighted by Crippen LogP contribution is -2.08. The van der Waals surface area contributed by atoms with Crippen LogP contribution in [0.3, 0.4) is 0 Å². The van der Waals surface area contributed by atoms with Crippen molar-refractivity contribution in [2.24, 2.45) is 0 Å². The number of carbonyl (C=O) groups is 1. The summed E-state index contributed by atoms with van der Waals surface area (Å²) >= 11 is 2.19. The molecule has 108 valence electrons. The lowest BCUT2D eigenvalue weighted by Gasteiger charge is -2.06. The zero-order valence-electron chi connectivity index (χ0n) is 11.9. The number of ether oxygens (including phenoxy) is 1. The highest BCUT2D eigenvalue weighted by atomic mass is 127. The number of para-hydroxylation sites is 1. The number of benzene rings is 2. The number of anilines is 1. The van der Waals surface area contributed by atoms with E-state index in [0.29, 0.717) is 0 Å². The van der Waals surface area contributed by atoms with Gasteiger partial charge in [0.05, 0.1) is 12.8 Å². The van der Waals surface area contributed by atoms with E-state index in [2.05, 4.69) is 27.9 Å². The first-order chi connectivity index (χ1) is 10.1. The minimum Gasteiger partial charge on any atom is -0.496 e. The molecule has 21 heavy (non-hydrogen) atoms. The molecule has 0 unspecified atom stereocenters. The van der Waals surface area contributed by atoms with Gasteiger partial charge in [-0.15, -0.1) is 0 Å². The molecule has 2 aromatic rings. The maximum atomic E-state index is 12.0. The van der Waals surface area contributed by atoms with E-state index < -0.39 is 0 Å². The minimum atomic E-state index is -0.164. The summed E-state index contributed by atoms with van der Waals surface area (Å²) < 4.78 is 6.29. The molecule has 0 saturated carbocycles. The number of carbonyl (C=O) groups excluding carboxylic acids is 1. The van der Waals surface area contributed by atoms with Crippen LogP contribution in [0.15, 0.2) is 48.5 Å². The van der Waals surface area contributed by atoms with Crippen LogP contribution in [0, 0.1) is 10.5 Å². The first-order valence-electron chi connectivity index (χ1n) is 6.48. The molecule has 3 nitrogen and oxygen atoms in total. The fraction of sp³-hybridized carbons (Fsp3) is 0.118. The molecule has 0 radical (unpaired) electrons. The number of aryl methyl sites for hydroxylation is 1. The van der Waals surface area contributed by atoms with Gasteiger partial charge in [-0.25, -0.2) is 0 Å². The van der Waals surface area contributed by atoms with Crippen LogP contribution in [0.25, 0.3) is 6.08 Å². The molecule has 0 fully saturated rings. The summed E-state index contributed by atoms with van der Waals surface area (Å²) in [5.74, 6) is 0.585. The van der Waals surface area contributed by atoms with E-state index in [1.807, 2.05) is 49.4 Å². The Hall–Kier alpha value is -1.82. The van der Waals surface area contributed by atoms with Crippen molar-refractivity contribution in [2.45, 2.75) is 6.92 Å². The molecule has 0 heterocycles. The van der Waals surface area contributed by atoms with Crippen molar-refractivity contribution in [3.05, 3.63) is 63.2 Å². The number of methoxy groups -OCH3 is 1. The standard InChI is InChI=1S/C17H16INO2/c1-12-7-9-16(21-2)13(11-12)8-10-17(20)19-15-6-4-3-5-14(15)18/h3-11H,1-2H3,(H,19,20)/b10-8+. The van der Waals surface area contributed by atoms with Gasteiger partial charge < -0.3 is 10.1 Å². The van der Waals surface area contributed by atoms with Gasteiger partial charge in [0.25, 0.3) is 0 Å². The van der Waals surface area contributed by atoms with Crippen molar-refractivity contribution in [3.63, 3.8) is 0 Å². The smallest absolute Gasteiger partial charge is 0.248 e. The van der Waals surface area contributed by atoms with Gasteiger partial charge in [0.15, 0.2) is 0 Å². The SMILES string of the molecule is COc1ccc(C)cc1/C=C/C(=O)Nc1ccccc1I. The maximum Gasteiger partial charge on any atom is 0.248 e. The van der Waals surface area contributed by atoms with Crippen LogP contribution in [0.5, 0.6) is 5.75 Å². The first kappa shape index (κ1) is 15.6. The molecule has 4 heteroatoms. The summed E-state index contributed by atoms with van der Waals surface area (Å²) in [5.41, 5.74) is 2.81. The topological polar surface area (TPSA) is 38.3 Å². The normalized spacial score (nSPS) is 10.6. The molecule has 1 amide bonds. The highest BCUT2D eigenvalue weighted by molar-refractivity contribution is 14.1. The Bertz CT molecular complexity index is 680. The zero-order valence-corrected chi connectivity index (χ0v) is 14.0. The van der Waals surface area contributed by atoms with E-state index in [-0.39, 0.29) is 5.91 Å². The molecule has 0 spiro atoms. The monoisotopic (exact) mass is 393 g/mol. The molecule has 2 rings (SSSR count). The summed E-state index contributed by atoms with van der Waals surface area (Å²) in [7, 11) is 1.62. The molecule has 0 aliphatic rings. The fourth-order valence-corrected chi connectivity index (χ4v) is 2.41. The predicted molar refractivity (Wildman–Crippen MR) is 94.6 cm³/mol. The van der Waals surface area contributed by atoms with Crippen LogP contribution in [-0.4, -0.2) is 13.0 Å². The molecule has 0 aliphatic heterocycles. The van der Waals surface area contributed by atoms with Crippen molar-refractivity contribution in [3.8, 4) is 5.75 Å². The number of hydrogen-bond acceptors (Lipinski definition) is 2. The second kappa shape index (κ2) is 7.26. The van der Waals surface area contributed by atoms with E-state index in [9.17, 15) is 4.79 Å². The lowest BCUT2D eigenvalue weighted by atomic mass is 10.1. The Morgan fingerprint density at radius 1 is 1.24 bits per heavy atom. The van der Waals surface area contributed by atoms with Crippen molar-refractivity contribution in [1.29, 1.82) is 0 Å². The highest BCUT2D eigenvalue weighted by Crippen LogP contribution is 2.21. The van der Waals surface area contributed by atoms with E-state index in [1.54, 1.807) is 13.2 Å². The molecule has 0 aliphatic carbocycles. The Balaban J connectivity index is 2.12. The van der Waals surface area contributed by atoms with Gasteiger partial charge in [0, 0.05) is 15.2 Å². The summed E-state index contributed by atoms with van der Waals surface area (Å²) in [6.45, 7) is 2.00. The van der Waals surface area contributed by atoms with E-state index in [4.69, 9.17) is 4.74 Å². The second-order valence-corrected chi connectivity index (χ2v) is 5.71. The number of nitrogens with one attached hydrogen (secondary N) is 1. The van der Waals surface area contributed by atoms with Crippen LogP contribution in [-0.2, 0) is 4.79 Å². The quantitative estimate of drug-likeness (QED) is 0.623. The third-order valence-electron chi connectivity index (χ3n) is 2.93. The molecular weight excluding hydrogens is 377 g/mol. The Kier molecular flexibility index (Phi) is 5.38. The van der Waals surface area contributed by atoms with Crippen molar-refractivity contribution in [2.75, 3.05) is 12.4 Å². The molecule has 0 atom stereocenters. The Labute approximate surface area is 138 Å². The zero-order chi connectivity index (χ0) is 15.2. The summed E-state index contributed by atoms with van der Waals surface area (Å²) in [6, 6.07) is 13.5. The molecular formula is C17H16INO2. The number of halogens is 1. The van der Waals surface area contributed by atoms with E-state index in [1.165, 1.54) is 6.08 Å². The third kappa shape index (κ3) is 4.32. The van der Waals surface area contributed by atoms with Crippen LogP contribution in [0.4, 0.5) is 5.69 Å². The summed E-state index contributed by atoms with van der Waals surface area (Å²) in [5, 5.41) is 2.86. The molecule has 0 saturated heterocycles. The van der Waals surface area contributed by atoms with Gasteiger partial charge in [0.2, 0.25) is 5.91 Å². The summed E-state index contributed by atoms with van der Waals surface area (Å²) in [6.07, 6.45) is 3.28. The van der Waals surface area contributed by atoms with Gasteiger partial charge in [0.1, 0.15) is 5.75 Å². The Morgan fingerprint density at radius 3 is 2.71 bits per heavy atom. The van der Waals surface area contributed by atoms with Gasteiger partial charge in [-0.2, -0.15) is 0 Å². The van der Waals surface area contributed by atoms with E-state index >= 15 is 0 Å². The van der Waals surface area contributed by atoms with Gasteiger partial charge in [-0.05, 0) is 59.9 Å². The maximum absolute atomic E-state index is 12.0. The van der Waals surface area contributed by atoms with Crippen molar-refractivity contribution >= 4 is 40.3 Å². The van der Waals surface area contributed by atoms with Crippen LogP contribution >= 0.6 is 22.6 Å². The molecule has 2 aromatic carbocycles. The molecule has 0 aromatic heterocycles. The molecule has 0 bridgehead atoms. The number of hydrogen-bond donors (Lipinski definition) is 1. The van der Waals surface area contributed by atoms with Gasteiger partial charge in [-0.3, -0.25) is 4.79 Å². The van der Waals surface area contributed by atoms with Gasteiger partial charge in [-0.1, -0.05) is 23.8 Å². The van der Waals surface area contributed by atoms with Crippen LogP contribution in [0.1, 0.15) is 11.1 Å². The number of amides is 1. The highest BCUT2D eigenvalue weighted by Gasteiger charge is 2.03. The largest absolute Gasteiger partial charge is 0.496 e. The Morgan fingerprint density at radius 2 is 2.00 bits per heavy atom. The predicted octanol–water partition coefficient (Wildman–Crippen LogP) is 4.26. The van der Waals surface area contributed by atoms with Crippen molar-refractivity contribution < 1.29 is 9.53 Å². The van der Waals surface area contributed by atoms with E-state index in [0.717, 1.165) is 26.1 Å².